The topological polar surface area (TPSA) is 49.7 Å². The maximum absolute atomic E-state index is 8.46. The molecule has 4 heteroatoms. The summed E-state index contributed by atoms with van der Waals surface area (Å²) in [4.78, 5) is 0. The Balaban J connectivity index is 2.66. The Morgan fingerprint density at radius 1 is 1.25 bits per heavy atom. The Hall–Kier alpha value is -1.26. The van der Waals surface area contributed by atoms with Crippen LogP contribution in [0.3, 0.4) is 0 Å². The fraction of sp³-hybridized carbons (Fsp3) is 0. The summed E-state index contributed by atoms with van der Waals surface area (Å²) in [6.07, 6.45) is 0. The molecule has 0 spiro atoms. The van der Waals surface area contributed by atoms with Gasteiger partial charge in [0.25, 0.3) is 0 Å². The van der Waals surface area contributed by atoms with Crippen molar-refractivity contribution >= 4 is 13.1 Å². The zero-order chi connectivity index (χ0) is 8.97. The van der Waals surface area contributed by atoms with Gasteiger partial charge in [0.1, 0.15) is 5.76 Å². The van der Waals surface area contributed by atoms with E-state index in [2.05, 4.69) is 11.2 Å². The van der Waals surface area contributed by atoms with Crippen LogP contribution in [0.1, 0.15) is 5.56 Å². The molecule has 0 unspecified atom stereocenters. The SMILES string of the molecule is C=C(OB(O)O)c1ccccc1. The van der Waals surface area contributed by atoms with Crippen molar-refractivity contribution < 1.29 is 14.7 Å². The Morgan fingerprint density at radius 3 is 2.33 bits per heavy atom. The van der Waals surface area contributed by atoms with Crippen LogP contribution in [0, 0.1) is 0 Å². The molecule has 1 aromatic rings. The molecule has 62 valence electrons. The molecule has 1 aromatic carbocycles. The van der Waals surface area contributed by atoms with Crippen molar-refractivity contribution in [2.45, 2.75) is 0 Å². The first-order valence-electron chi connectivity index (χ1n) is 3.47. The van der Waals surface area contributed by atoms with Crippen molar-refractivity contribution in [2.24, 2.45) is 0 Å². The summed E-state index contributed by atoms with van der Waals surface area (Å²) in [5, 5.41) is 16.9. The minimum atomic E-state index is -1.81. The van der Waals surface area contributed by atoms with Crippen molar-refractivity contribution in [3.8, 4) is 0 Å². The van der Waals surface area contributed by atoms with Gasteiger partial charge in [-0.1, -0.05) is 36.9 Å². The molecule has 1 rings (SSSR count). The molecule has 0 atom stereocenters. The van der Waals surface area contributed by atoms with Crippen LogP contribution < -0.4 is 0 Å². The van der Waals surface area contributed by atoms with Crippen LogP contribution in [0.5, 0.6) is 0 Å². The van der Waals surface area contributed by atoms with Gasteiger partial charge in [0.2, 0.25) is 0 Å². The predicted octanol–water partition coefficient (Wildman–Crippen LogP) is 0.643. The maximum atomic E-state index is 8.46. The quantitative estimate of drug-likeness (QED) is 0.509. The van der Waals surface area contributed by atoms with Crippen LogP contribution in [0.15, 0.2) is 36.9 Å². The second kappa shape index (κ2) is 3.94. The van der Waals surface area contributed by atoms with Crippen molar-refractivity contribution in [1.29, 1.82) is 0 Å². The van der Waals surface area contributed by atoms with Gasteiger partial charge in [0.15, 0.2) is 0 Å². The van der Waals surface area contributed by atoms with E-state index in [-0.39, 0.29) is 5.76 Å². The Morgan fingerprint density at radius 2 is 1.83 bits per heavy atom. The Kier molecular flexibility index (Phi) is 2.91. The standard InChI is InChI=1S/C8H9BO3/c1-7(12-9(10)11)8-5-3-2-4-6-8/h2-6,10-11H,1H2. The van der Waals surface area contributed by atoms with E-state index in [0.29, 0.717) is 0 Å². The molecule has 0 saturated carbocycles. The van der Waals surface area contributed by atoms with Crippen LogP contribution >= 0.6 is 0 Å². The summed E-state index contributed by atoms with van der Waals surface area (Å²) >= 11 is 0. The first kappa shape index (κ1) is 8.84. The van der Waals surface area contributed by atoms with Gasteiger partial charge in [-0.2, -0.15) is 0 Å². The molecule has 0 bridgehead atoms. The number of rotatable bonds is 3. The normalized spacial score (nSPS) is 9.17. The summed E-state index contributed by atoms with van der Waals surface area (Å²) in [5.74, 6) is 0.241. The van der Waals surface area contributed by atoms with E-state index in [9.17, 15) is 0 Å². The summed E-state index contributed by atoms with van der Waals surface area (Å²) in [6, 6.07) is 9.02. The van der Waals surface area contributed by atoms with Crippen LogP contribution in [0.25, 0.3) is 5.76 Å². The molecule has 0 heterocycles. The third kappa shape index (κ3) is 2.41. The molecular weight excluding hydrogens is 155 g/mol. The fourth-order valence-electron chi connectivity index (χ4n) is 0.819. The van der Waals surface area contributed by atoms with Gasteiger partial charge in [-0.15, -0.1) is 0 Å². The smallest absolute Gasteiger partial charge is 0.512 e. The molecule has 0 radical (unpaired) electrons. The lowest BCUT2D eigenvalue weighted by Gasteiger charge is -2.06. The zero-order valence-corrected chi connectivity index (χ0v) is 6.47. The summed E-state index contributed by atoms with van der Waals surface area (Å²) < 4.78 is 4.55. The Bertz CT molecular complexity index is 258. The minimum absolute atomic E-state index is 0.241. The van der Waals surface area contributed by atoms with Crippen LogP contribution in [0.4, 0.5) is 0 Å². The van der Waals surface area contributed by atoms with Gasteiger partial charge in [-0.05, 0) is 0 Å². The van der Waals surface area contributed by atoms with E-state index < -0.39 is 7.32 Å². The molecule has 12 heavy (non-hydrogen) atoms. The summed E-state index contributed by atoms with van der Waals surface area (Å²) in [5.41, 5.74) is 0.727. The van der Waals surface area contributed by atoms with E-state index in [1.807, 2.05) is 18.2 Å². The average Bonchev–Trinajstić information content (AvgIpc) is 2.05. The molecule has 0 saturated heterocycles. The van der Waals surface area contributed by atoms with Crippen molar-refractivity contribution in [3.63, 3.8) is 0 Å². The molecule has 3 nitrogen and oxygen atoms in total. The largest absolute Gasteiger partial charge is 0.707 e. The maximum Gasteiger partial charge on any atom is 0.707 e. The molecule has 0 amide bonds. The van der Waals surface area contributed by atoms with E-state index in [1.54, 1.807) is 12.1 Å². The third-order valence-corrected chi connectivity index (χ3v) is 1.34. The lowest BCUT2D eigenvalue weighted by atomic mass is 10.2. The van der Waals surface area contributed by atoms with Crippen LogP contribution in [-0.4, -0.2) is 17.4 Å². The molecule has 0 aliphatic rings. The second-order valence-electron chi connectivity index (χ2n) is 2.23. The highest BCUT2D eigenvalue weighted by molar-refractivity contribution is 6.34. The van der Waals surface area contributed by atoms with Gasteiger partial charge < -0.3 is 14.7 Å². The van der Waals surface area contributed by atoms with E-state index in [4.69, 9.17) is 10.0 Å². The highest BCUT2D eigenvalue weighted by atomic mass is 16.6. The summed E-state index contributed by atoms with van der Waals surface area (Å²) in [6.45, 7) is 3.52. The van der Waals surface area contributed by atoms with Crippen molar-refractivity contribution in [2.75, 3.05) is 0 Å². The fourth-order valence-corrected chi connectivity index (χ4v) is 0.819. The van der Waals surface area contributed by atoms with Gasteiger partial charge in [-0.3, -0.25) is 0 Å². The van der Waals surface area contributed by atoms with E-state index in [1.165, 1.54) is 0 Å². The average molecular weight is 164 g/mol. The highest BCUT2D eigenvalue weighted by Gasteiger charge is 2.12. The molecular formula is C8H9BO3. The van der Waals surface area contributed by atoms with E-state index in [0.717, 1.165) is 5.56 Å². The van der Waals surface area contributed by atoms with Crippen molar-refractivity contribution in [1.82, 2.24) is 0 Å². The van der Waals surface area contributed by atoms with E-state index >= 15 is 0 Å². The molecule has 0 aliphatic heterocycles. The predicted molar refractivity (Wildman–Crippen MR) is 46.8 cm³/mol. The van der Waals surface area contributed by atoms with Gasteiger partial charge >= 0.3 is 7.32 Å². The highest BCUT2D eigenvalue weighted by Crippen LogP contribution is 2.12. The lowest BCUT2D eigenvalue weighted by Crippen LogP contribution is -2.15. The molecule has 2 N–H and O–H groups in total. The first-order chi connectivity index (χ1) is 5.70. The van der Waals surface area contributed by atoms with Crippen LogP contribution in [-0.2, 0) is 4.65 Å². The zero-order valence-electron chi connectivity index (χ0n) is 6.47. The number of hydrogen-bond acceptors (Lipinski definition) is 3. The minimum Gasteiger partial charge on any atom is -0.512 e. The third-order valence-electron chi connectivity index (χ3n) is 1.34. The molecule has 0 aliphatic carbocycles. The molecule has 0 aromatic heterocycles. The Labute approximate surface area is 71.1 Å². The van der Waals surface area contributed by atoms with Crippen molar-refractivity contribution in [3.05, 3.63) is 42.5 Å². The van der Waals surface area contributed by atoms with Gasteiger partial charge in [0.05, 0.1) is 0 Å². The number of hydrogen-bond donors (Lipinski definition) is 2. The summed E-state index contributed by atoms with van der Waals surface area (Å²) in [7, 11) is -1.81. The lowest BCUT2D eigenvalue weighted by molar-refractivity contribution is 0.271. The second-order valence-corrected chi connectivity index (χ2v) is 2.23. The number of benzene rings is 1. The monoisotopic (exact) mass is 164 g/mol. The molecule has 0 fully saturated rings. The van der Waals surface area contributed by atoms with Gasteiger partial charge in [0, 0.05) is 5.56 Å². The van der Waals surface area contributed by atoms with Crippen LogP contribution in [0.2, 0.25) is 0 Å². The first-order valence-corrected chi connectivity index (χ1v) is 3.47. The van der Waals surface area contributed by atoms with Gasteiger partial charge in [-0.25, -0.2) is 0 Å².